The van der Waals surface area contributed by atoms with Gasteiger partial charge < -0.3 is 10.0 Å². The molecular formula is C14H15F2NO3. The van der Waals surface area contributed by atoms with Gasteiger partial charge in [0.2, 0.25) is 5.91 Å². The summed E-state index contributed by atoms with van der Waals surface area (Å²) in [6.45, 7) is 0.388. The van der Waals surface area contributed by atoms with E-state index < -0.39 is 23.6 Å². The lowest BCUT2D eigenvalue weighted by Crippen LogP contribution is -2.48. The van der Waals surface area contributed by atoms with Crippen LogP contribution in [0.3, 0.4) is 0 Å². The van der Waals surface area contributed by atoms with Gasteiger partial charge >= 0.3 is 5.97 Å². The van der Waals surface area contributed by atoms with E-state index in [9.17, 15) is 18.4 Å². The summed E-state index contributed by atoms with van der Waals surface area (Å²) < 4.78 is 25.9. The van der Waals surface area contributed by atoms with Crippen LogP contribution in [0.1, 0.15) is 24.8 Å². The number of hydrogen-bond donors (Lipinski definition) is 1. The van der Waals surface area contributed by atoms with Gasteiger partial charge in [-0.05, 0) is 37.0 Å². The number of rotatable bonds is 3. The van der Waals surface area contributed by atoms with Gasteiger partial charge in [-0.15, -0.1) is 0 Å². The third-order valence-corrected chi connectivity index (χ3v) is 3.45. The van der Waals surface area contributed by atoms with Crippen molar-refractivity contribution in [1.82, 2.24) is 4.90 Å². The van der Waals surface area contributed by atoms with Crippen molar-refractivity contribution in [2.75, 3.05) is 6.54 Å². The van der Waals surface area contributed by atoms with E-state index in [1.54, 1.807) is 0 Å². The average Bonchev–Trinajstić information content (AvgIpc) is 2.43. The maximum atomic E-state index is 13.1. The number of nitrogens with zero attached hydrogens (tertiary/aromatic N) is 1. The molecule has 2 rings (SSSR count). The Morgan fingerprint density at radius 1 is 1.25 bits per heavy atom. The number of benzene rings is 1. The van der Waals surface area contributed by atoms with Crippen molar-refractivity contribution in [3.63, 3.8) is 0 Å². The Morgan fingerprint density at radius 3 is 2.65 bits per heavy atom. The Hall–Kier alpha value is -1.98. The van der Waals surface area contributed by atoms with Crippen LogP contribution in [0, 0.1) is 11.6 Å². The van der Waals surface area contributed by atoms with Crippen LogP contribution >= 0.6 is 0 Å². The SMILES string of the molecule is O=C(O)C1CCCCN1C(=O)Cc1ccc(F)c(F)c1. The number of halogens is 2. The fourth-order valence-electron chi connectivity index (χ4n) is 2.41. The average molecular weight is 283 g/mol. The summed E-state index contributed by atoms with van der Waals surface area (Å²) in [5.74, 6) is -3.38. The molecule has 0 spiro atoms. The number of piperidine rings is 1. The smallest absolute Gasteiger partial charge is 0.326 e. The van der Waals surface area contributed by atoms with E-state index in [1.807, 2.05) is 0 Å². The summed E-state index contributed by atoms with van der Waals surface area (Å²) >= 11 is 0. The molecule has 108 valence electrons. The molecule has 1 amide bonds. The van der Waals surface area contributed by atoms with Gasteiger partial charge in [-0.1, -0.05) is 6.07 Å². The van der Waals surface area contributed by atoms with E-state index in [0.717, 1.165) is 25.0 Å². The lowest BCUT2D eigenvalue weighted by molar-refractivity contribution is -0.151. The van der Waals surface area contributed by atoms with E-state index in [4.69, 9.17) is 5.11 Å². The highest BCUT2D eigenvalue weighted by molar-refractivity contribution is 5.85. The summed E-state index contributed by atoms with van der Waals surface area (Å²) in [4.78, 5) is 24.6. The Balaban J connectivity index is 2.09. The van der Waals surface area contributed by atoms with Crippen LogP contribution in [0.2, 0.25) is 0 Å². The molecule has 1 aromatic rings. The molecule has 1 saturated heterocycles. The first-order valence-electron chi connectivity index (χ1n) is 6.45. The maximum absolute atomic E-state index is 13.1. The Bertz CT molecular complexity index is 533. The van der Waals surface area contributed by atoms with Gasteiger partial charge in [0.25, 0.3) is 0 Å². The summed E-state index contributed by atoms with van der Waals surface area (Å²) in [6.07, 6.45) is 1.83. The zero-order valence-corrected chi connectivity index (χ0v) is 10.8. The molecule has 20 heavy (non-hydrogen) atoms. The molecule has 1 fully saturated rings. The minimum absolute atomic E-state index is 0.124. The first-order chi connectivity index (χ1) is 9.49. The van der Waals surface area contributed by atoms with Crippen molar-refractivity contribution >= 4 is 11.9 Å². The molecular weight excluding hydrogens is 268 g/mol. The van der Waals surface area contributed by atoms with E-state index in [2.05, 4.69) is 0 Å². The highest BCUT2D eigenvalue weighted by Gasteiger charge is 2.31. The highest BCUT2D eigenvalue weighted by Crippen LogP contribution is 2.19. The summed E-state index contributed by atoms with van der Waals surface area (Å²) in [5.41, 5.74) is 0.337. The third kappa shape index (κ3) is 3.12. The maximum Gasteiger partial charge on any atom is 0.326 e. The molecule has 1 unspecified atom stereocenters. The van der Waals surface area contributed by atoms with E-state index in [0.29, 0.717) is 18.5 Å². The number of likely N-dealkylation sites (tertiary alicyclic amines) is 1. The van der Waals surface area contributed by atoms with Crippen molar-refractivity contribution in [3.05, 3.63) is 35.4 Å². The molecule has 1 N–H and O–H groups in total. The van der Waals surface area contributed by atoms with Crippen molar-refractivity contribution in [3.8, 4) is 0 Å². The number of carbonyl (C=O) groups is 2. The topological polar surface area (TPSA) is 57.6 Å². The Labute approximate surface area is 115 Å². The molecule has 0 saturated carbocycles. The molecule has 0 radical (unpaired) electrons. The lowest BCUT2D eigenvalue weighted by atomic mass is 10.0. The largest absolute Gasteiger partial charge is 0.480 e. The van der Waals surface area contributed by atoms with Crippen LogP contribution in [0.15, 0.2) is 18.2 Å². The highest BCUT2D eigenvalue weighted by atomic mass is 19.2. The van der Waals surface area contributed by atoms with Gasteiger partial charge in [-0.25, -0.2) is 13.6 Å². The number of hydrogen-bond acceptors (Lipinski definition) is 2. The van der Waals surface area contributed by atoms with Crippen LogP contribution in [-0.4, -0.2) is 34.5 Å². The van der Waals surface area contributed by atoms with Gasteiger partial charge in [0.1, 0.15) is 6.04 Å². The number of amides is 1. The first kappa shape index (κ1) is 14.4. The molecule has 1 aliphatic rings. The normalized spacial score (nSPS) is 18.9. The second-order valence-corrected chi connectivity index (χ2v) is 4.86. The van der Waals surface area contributed by atoms with Gasteiger partial charge in [0, 0.05) is 6.54 Å². The first-order valence-corrected chi connectivity index (χ1v) is 6.45. The standard InChI is InChI=1S/C14H15F2NO3/c15-10-5-4-9(7-11(10)16)8-13(18)17-6-2-1-3-12(17)14(19)20/h4-5,7,12H,1-3,6,8H2,(H,19,20). The Morgan fingerprint density at radius 2 is 2.00 bits per heavy atom. The van der Waals surface area contributed by atoms with Crippen molar-refractivity contribution in [2.24, 2.45) is 0 Å². The van der Waals surface area contributed by atoms with Crippen molar-refractivity contribution in [1.29, 1.82) is 0 Å². The van der Waals surface area contributed by atoms with Gasteiger partial charge in [-0.3, -0.25) is 4.79 Å². The van der Waals surface area contributed by atoms with Crippen LogP contribution in [0.4, 0.5) is 8.78 Å². The van der Waals surface area contributed by atoms with Crippen LogP contribution in [-0.2, 0) is 16.0 Å². The van der Waals surface area contributed by atoms with E-state index >= 15 is 0 Å². The molecule has 1 aliphatic heterocycles. The molecule has 4 nitrogen and oxygen atoms in total. The number of carbonyl (C=O) groups excluding carboxylic acids is 1. The van der Waals surface area contributed by atoms with E-state index in [-0.39, 0.29) is 12.3 Å². The lowest BCUT2D eigenvalue weighted by Gasteiger charge is -2.33. The second-order valence-electron chi connectivity index (χ2n) is 4.86. The quantitative estimate of drug-likeness (QED) is 0.922. The minimum Gasteiger partial charge on any atom is -0.480 e. The predicted molar refractivity (Wildman–Crippen MR) is 67.0 cm³/mol. The monoisotopic (exact) mass is 283 g/mol. The number of aliphatic carboxylic acids is 1. The van der Waals surface area contributed by atoms with Gasteiger partial charge in [0.05, 0.1) is 6.42 Å². The molecule has 1 atom stereocenters. The Kier molecular flexibility index (Phi) is 4.32. The fraction of sp³-hybridized carbons (Fsp3) is 0.429. The molecule has 1 aromatic carbocycles. The molecule has 1 heterocycles. The van der Waals surface area contributed by atoms with Crippen molar-refractivity contribution in [2.45, 2.75) is 31.7 Å². The van der Waals surface area contributed by atoms with Gasteiger partial charge in [-0.2, -0.15) is 0 Å². The number of carboxylic acids is 1. The molecule has 0 bridgehead atoms. The van der Waals surface area contributed by atoms with E-state index in [1.165, 1.54) is 11.0 Å². The van der Waals surface area contributed by atoms with Crippen molar-refractivity contribution < 1.29 is 23.5 Å². The summed E-state index contributed by atoms with van der Waals surface area (Å²) in [7, 11) is 0. The summed E-state index contributed by atoms with van der Waals surface area (Å²) in [6, 6.07) is 2.44. The predicted octanol–water partition coefficient (Wildman–Crippen LogP) is 1.97. The van der Waals surface area contributed by atoms with Crippen LogP contribution in [0.25, 0.3) is 0 Å². The second kappa shape index (κ2) is 5.98. The molecule has 6 heteroatoms. The van der Waals surface area contributed by atoms with Crippen LogP contribution < -0.4 is 0 Å². The zero-order valence-electron chi connectivity index (χ0n) is 10.8. The van der Waals surface area contributed by atoms with Gasteiger partial charge in [0.15, 0.2) is 11.6 Å². The third-order valence-electron chi connectivity index (χ3n) is 3.45. The number of carboxylic acid groups (broad SMARTS) is 1. The van der Waals surface area contributed by atoms with Crippen LogP contribution in [0.5, 0.6) is 0 Å². The molecule has 0 aliphatic carbocycles. The molecule has 0 aromatic heterocycles. The fourth-order valence-corrected chi connectivity index (χ4v) is 2.41. The summed E-state index contributed by atoms with van der Waals surface area (Å²) in [5, 5.41) is 9.10. The minimum atomic E-state index is -1.02. The zero-order chi connectivity index (χ0) is 14.7.